The van der Waals surface area contributed by atoms with Crippen LogP contribution in [0.2, 0.25) is 0 Å². The summed E-state index contributed by atoms with van der Waals surface area (Å²) < 4.78 is 0. The molecule has 1 N–H and O–H groups in total. The quantitative estimate of drug-likeness (QED) is 0.785. The van der Waals surface area contributed by atoms with Crippen molar-refractivity contribution >= 4 is 11.9 Å². The second-order valence-electron chi connectivity index (χ2n) is 5.90. The van der Waals surface area contributed by atoms with Crippen molar-refractivity contribution in [3.63, 3.8) is 0 Å². The lowest BCUT2D eigenvalue weighted by atomic mass is 9.81. The smallest absolute Gasteiger partial charge is 0.308 e. The molecule has 1 aliphatic carbocycles. The van der Waals surface area contributed by atoms with E-state index < -0.39 is 11.9 Å². The van der Waals surface area contributed by atoms with Gasteiger partial charge >= 0.3 is 5.97 Å². The first-order valence-electron chi connectivity index (χ1n) is 6.85. The summed E-state index contributed by atoms with van der Waals surface area (Å²) in [5.41, 5.74) is -0.288. The van der Waals surface area contributed by atoms with Gasteiger partial charge in [-0.05, 0) is 12.8 Å². The van der Waals surface area contributed by atoms with Crippen molar-refractivity contribution in [2.75, 3.05) is 13.6 Å². The number of carboxylic acids is 1. The lowest BCUT2D eigenvalue weighted by molar-refractivity contribution is -0.145. The highest BCUT2D eigenvalue weighted by Crippen LogP contribution is 2.36. The van der Waals surface area contributed by atoms with E-state index in [1.807, 2.05) is 6.92 Å². The summed E-state index contributed by atoms with van der Waals surface area (Å²) in [7, 11) is 1.72. The normalized spacial score (nSPS) is 20.8. The van der Waals surface area contributed by atoms with Crippen LogP contribution in [0.3, 0.4) is 0 Å². The first kappa shape index (κ1) is 15.0. The Morgan fingerprint density at radius 3 is 2.17 bits per heavy atom. The van der Waals surface area contributed by atoms with Gasteiger partial charge in [0.15, 0.2) is 0 Å². The van der Waals surface area contributed by atoms with Gasteiger partial charge in [0.25, 0.3) is 0 Å². The van der Waals surface area contributed by atoms with E-state index >= 15 is 0 Å². The fourth-order valence-electron chi connectivity index (χ4n) is 2.76. The number of aliphatic carboxylic acids is 1. The molecular formula is C14H25NO3. The van der Waals surface area contributed by atoms with Crippen LogP contribution >= 0.6 is 0 Å². The number of carbonyl (C=O) groups excluding carboxylic acids is 1. The fourth-order valence-corrected chi connectivity index (χ4v) is 2.76. The second-order valence-corrected chi connectivity index (χ2v) is 5.90. The average molecular weight is 255 g/mol. The molecule has 0 bridgehead atoms. The fraction of sp³-hybridized carbons (Fsp3) is 0.857. The molecule has 0 aliphatic heterocycles. The molecule has 1 rings (SSSR count). The SMILES string of the molecule is CC(CN(C)C(=O)C1(C)CCCCCC1)C(=O)O. The standard InChI is InChI=1S/C14H25NO3/c1-11(12(16)17)10-15(3)13(18)14(2)8-6-4-5-7-9-14/h11H,4-10H2,1-3H3,(H,16,17). The zero-order chi connectivity index (χ0) is 13.8. The van der Waals surface area contributed by atoms with Gasteiger partial charge in [-0.3, -0.25) is 9.59 Å². The Morgan fingerprint density at radius 2 is 1.72 bits per heavy atom. The van der Waals surface area contributed by atoms with Crippen molar-refractivity contribution in [1.29, 1.82) is 0 Å². The van der Waals surface area contributed by atoms with Gasteiger partial charge in [-0.1, -0.05) is 39.5 Å². The minimum absolute atomic E-state index is 0.109. The van der Waals surface area contributed by atoms with Crippen LogP contribution in [-0.4, -0.2) is 35.5 Å². The first-order valence-corrected chi connectivity index (χ1v) is 6.85. The van der Waals surface area contributed by atoms with Crippen molar-refractivity contribution in [3.05, 3.63) is 0 Å². The van der Waals surface area contributed by atoms with Crippen molar-refractivity contribution in [3.8, 4) is 0 Å². The van der Waals surface area contributed by atoms with Gasteiger partial charge in [0.05, 0.1) is 5.92 Å². The molecule has 1 unspecified atom stereocenters. The Labute approximate surface area is 109 Å². The molecule has 0 aromatic heterocycles. The first-order chi connectivity index (χ1) is 8.37. The van der Waals surface area contributed by atoms with E-state index in [0.29, 0.717) is 6.54 Å². The van der Waals surface area contributed by atoms with Gasteiger partial charge in [-0.15, -0.1) is 0 Å². The third kappa shape index (κ3) is 3.72. The van der Waals surface area contributed by atoms with Crippen LogP contribution in [0.4, 0.5) is 0 Å². The topological polar surface area (TPSA) is 57.6 Å². The maximum Gasteiger partial charge on any atom is 0.308 e. The van der Waals surface area contributed by atoms with Gasteiger partial charge in [0, 0.05) is 19.0 Å². The lowest BCUT2D eigenvalue weighted by Crippen LogP contribution is -2.42. The van der Waals surface area contributed by atoms with E-state index in [1.165, 1.54) is 12.8 Å². The average Bonchev–Trinajstić information content (AvgIpc) is 2.53. The molecule has 1 aliphatic rings. The maximum absolute atomic E-state index is 12.5. The van der Waals surface area contributed by atoms with Crippen LogP contribution < -0.4 is 0 Å². The van der Waals surface area contributed by atoms with Crippen molar-refractivity contribution in [1.82, 2.24) is 4.90 Å². The third-order valence-electron chi connectivity index (χ3n) is 4.04. The number of nitrogens with zero attached hydrogens (tertiary/aromatic N) is 1. The Morgan fingerprint density at radius 1 is 1.22 bits per heavy atom. The highest BCUT2D eigenvalue weighted by molar-refractivity contribution is 5.82. The number of rotatable bonds is 4. The molecule has 1 fully saturated rings. The van der Waals surface area contributed by atoms with E-state index in [0.717, 1.165) is 25.7 Å². The van der Waals surface area contributed by atoms with E-state index in [9.17, 15) is 9.59 Å². The van der Waals surface area contributed by atoms with Gasteiger partial charge in [0.2, 0.25) is 5.91 Å². The number of carboxylic acid groups (broad SMARTS) is 1. The summed E-state index contributed by atoms with van der Waals surface area (Å²) in [6.45, 7) is 3.97. The summed E-state index contributed by atoms with van der Waals surface area (Å²) in [5.74, 6) is -1.24. The monoisotopic (exact) mass is 255 g/mol. The number of amides is 1. The van der Waals surface area contributed by atoms with Gasteiger partial charge in [-0.25, -0.2) is 0 Å². The molecule has 0 heterocycles. The molecule has 0 aromatic rings. The molecule has 1 saturated carbocycles. The van der Waals surface area contributed by atoms with E-state index in [2.05, 4.69) is 0 Å². The Kier molecular flexibility index (Phi) is 5.17. The number of carbonyl (C=O) groups is 2. The number of hydrogen-bond donors (Lipinski definition) is 1. The summed E-state index contributed by atoms with van der Waals surface area (Å²) >= 11 is 0. The van der Waals surface area contributed by atoms with Gasteiger partial charge < -0.3 is 10.0 Å². The van der Waals surface area contributed by atoms with Crippen LogP contribution in [0, 0.1) is 11.3 Å². The summed E-state index contributed by atoms with van der Waals surface area (Å²) in [6, 6.07) is 0. The van der Waals surface area contributed by atoms with E-state index in [-0.39, 0.29) is 11.3 Å². The van der Waals surface area contributed by atoms with Crippen molar-refractivity contribution in [2.45, 2.75) is 52.4 Å². The molecule has 18 heavy (non-hydrogen) atoms. The van der Waals surface area contributed by atoms with Gasteiger partial charge in [-0.2, -0.15) is 0 Å². The second kappa shape index (κ2) is 6.21. The van der Waals surface area contributed by atoms with Crippen LogP contribution in [0.5, 0.6) is 0 Å². The third-order valence-corrected chi connectivity index (χ3v) is 4.04. The summed E-state index contributed by atoms with van der Waals surface area (Å²) in [6.07, 6.45) is 6.47. The molecule has 1 amide bonds. The Hall–Kier alpha value is -1.06. The largest absolute Gasteiger partial charge is 0.481 e. The van der Waals surface area contributed by atoms with Crippen LogP contribution in [0.15, 0.2) is 0 Å². The van der Waals surface area contributed by atoms with Gasteiger partial charge in [0.1, 0.15) is 0 Å². The molecular weight excluding hydrogens is 230 g/mol. The number of hydrogen-bond acceptors (Lipinski definition) is 2. The molecule has 4 nitrogen and oxygen atoms in total. The van der Waals surface area contributed by atoms with Crippen LogP contribution in [0.1, 0.15) is 52.4 Å². The van der Waals surface area contributed by atoms with E-state index in [4.69, 9.17) is 5.11 Å². The van der Waals surface area contributed by atoms with E-state index in [1.54, 1.807) is 18.9 Å². The Bertz CT molecular complexity index is 306. The van der Waals surface area contributed by atoms with Crippen molar-refractivity contribution < 1.29 is 14.7 Å². The molecule has 0 aromatic carbocycles. The lowest BCUT2D eigenvalue weighted by Gasteiger charge is -2.32. The zero-order valence-corrected chi connectivity index (χ0v) is 11.7. The predicted octanol–water partition coefficient (Wildman–Crippen LogP) is 2.53. The molecule has 0 spiro atoms. The molecule has 0 radical (unpaired) electrons. The maximum atomic E-state index is 12.5. The zero-order valence-electron chi connectivity index (χ0n) is 11.7. The minimum Gasteiger partial charge on any atom is -0.481 e. The van der Waals surface area contributed by atoms with Crippen molar-refractivity contribution in [2.24, 2.45) is 11.3 Å². The Balaban J connectivity index is 2.63. The highest BCUT2D eigenvalue weighted by atomic mass is 16.4. The molecule has 1 atom stereocenters. The molecule has 104 valence electrons. The summed E-state index contributed by atoms with van der Waals surface area (Å²) in [4.78, 5) is 24.9. The molecule has 0 saturated heterocycles. The summed E-state index contributed by atoms with van der Waals surface area (Å²) in [5, 5.41) is 8.89. The molecule has 4 heteroatoms. The highest BCUT2D eigenvalue weighted by Gasteiger charge is 2.36. The predicted molar refractivity (Wildman–Crippen MR) is 70.2 cm³/mol. The van der Waals surface area contributed by atoms with Crippen LogP contribution in [-0.2, 0) is 9.59 Å². The minimum atomic E-state index is -0.847. The van der Waals surface area contributed by atoms with Crippen LogP contribution in [0.25, 0.3) is 0 Å².